The molecule has 1 aliphatic rings. The molecule has 1 unspecified atom stereocenters. The molecule has 0 aliphatic carbocycles. The molecule has 1 aromatic rings. The number of nitrogens with zero attached hydrogens (tertiary/aromatic N) is 3. The molecule has 0 radical (unpaired) electrons. The Morgan fingerprint density at radius 1 is 1.21 bits per heavy atom. The fourth-order valence-electron chi connectivity index (χ4n) is 2.87. The zero-order valence-electron chi connectivity index (χ0n) is 15.1. The average molecular weight is 335 g/mol. The summed E-state index contributed by atoms with van der Waals surface area (Å²) in [5.74, 6) is 0.623. The predicted molar refractivity (Wildman–Crippen MR) is 98.0 cm³/mol. The first-order valence-electron chi connectivity index (χ1n) is 8.70. The van der Waals surface area contributed by atoms with E-state index in [0.717, 1.165) is 44.2 Å². The Morgan fingerprint density at radius 3 is 2.58 bits per heavy atom. The minimum atomic E-state index is -0.147. The van der Waals surface area contributed by atoms with Crippen molar-refractivity contribution in [2.45, 2.75) is 19.4 Å². The van der Waals surface area contributed by atoms with Crippen LogP contribution in [0.5, 0.6) is 0 Å². The molecule has 1 atom stereocenters. The number of piperazine rings is 1. The molecule has 0 bridgehead atoms. The second-order valence-corrected chi connectivity index (χ2v) is 6.41. The molecule has 6 heteroatoms. The molecule has 1 aromatic carbocycles. The van der Waals surface area contributed by atoms with Gasteiger partial charge >= 0.3 is 0 Å². The fraction of sp³-hybridized carbons (Fsp3) is 0.611. The SMILES string of the molecule is CN=C(NCCc1ccccc1F)NCC(C)N1CCN(C)CC1. The summed E-state index contributed by atoms with van der Waals surface area (Å²) in [6.07, 6.45) is 0.640. The summed E-state index contributed by atoms with van der Waals surface area (Å²) in [5, 5.41) is 6.62. The maximum absolute atomic E-state index is 13.6. The van der Waals surface area contributed by atoms with Gasteiger partial charge in [-0.2, -0.15) is 0 Å². The number of halogens is 1. The van der Waals surface area contributed by atoms with Gasteiger partial charge in [-0.3, -0.25) is 9.89 Å². The summed E-state index contributed by atoms with van der Waals surface area (Å²) >= 11 is 0. The fourth-order valence-corrected chi connectivity index (χ4v) is 2.87. The maximum atomic E-state index is 13.6. The van der Waals surface area contributed by atoms with Crippen molar-refractivity contribution in [3.05, 3.63) is 35.6 Å². The molecule has 5 nitrogen and oxygen atoms in total. The van der Waals surface area contributed by atoms with Gasteiger partial charge in [-0.05, 0) is 32.0 Å². The highest BCUT2D eigenvalue weighted by atomic mass is 19.1. The van der Waals surface area contributed by atoms with Crippen LogP contribution in [0.2, 0.25) is 0 Å². The summed E-state index contributed by atoms with van der Waals surface area (Å²) in [4.78, 5) is 9.11. The highest BCUT2D eigenvalue weighted by Crippen LogP contribution is 2.06. The van der Waals surface area contributed by atoms with E-state index in [1.165, 1.54) is 6.07 Å². The molecule has 1 fully saturated rings. The Bertz CT molecular complexity index is 526. The average Bonchev–Trinajstić information content (AvgIpc) is 2.59. The lowest BCUT2D eigenvalue weighted by molar-refractivity contribution is 0.120. The molecule has 0 amide bonds. The van der Waals surface area contributed by atoms with Gasteiger partial charge < -0.3 is 15.5 Å². The van der Waals surface area contributed by atoms with Crippen molar-refractivity contribution in [1.82, 2.24) is 20.4 Å². The molecule has 134 valence electrons. The van der Waals surface area contributed by atoms with Crippen molar-refractivity contribution in [2.24, 2.45) is 4.99 Å². The molecule has 0 spiro atoms. The van der Waals surface area contributed by atoms with E-state index in [4.69, 9.17) is 0 Å². The van der Waals surface area contributed by atoms with Crippen molar-refractivity contribution < 1.29 is 4.39 Å². The summed E-state index contributed by atoms with van der Waals surface area (Å²) in [7, 11) is 3.93. The molecule has 2 rings (SSSR count). The quantitative estimate of drug-likeness (QED) is 0.605. The Hall–Kier alpha value is -1.66. The molecular formula is C18H30FN5. The third-order valence-electron chi connectivity index (χ3n) is 4.59. The van der Waals surface area contributed by atoms with Gasteiger partial charge in [-0.1, -0.05) is 18.2 Å². The number of guanidine groups is 1. The van der Waals surface area contributed by atoms with E-state index in [2.05, 4.69) is 39.4 Å². The van der Waals surface area contributed by atoms with Crippen LogP contribution in [0.4, 0.5) is 4.39 Å². The third kappa shape index (κ3) is 5.76. The van der Waals surface area contributed by atoms with Gasteiger partial charge in [0.1, 0.15) is 5.82 Å². The highest BCUT2D eigenvalue weighted by molar-refractivity contribution is 5.79. The first-order valence-corrected chi connectivity index (χ1v) is 8.70. The van der Waals surface area contributed by atoms with Gasteiger partial charge in [0.25, 0.3) is 0 Å². The van der Waals surface area contributed by atoms with Crippen LogP contribution in [-0.4, -0.2) is 75.2 Å². The Kier molecular flexibility index (Phi) is 7.46. The van der Waals surface area contributed by atoms with E-state index < -0.39 is 0 Å². The van der Waals surface area contributed by atoms with E-state index in [1.807, 2.05) is 12.1 Å². The third-order valence-corrected chi connectivity index (χ3v) is 4.59. The number of hydrogen-bond donors (Lipinski definition) is 2. The highest BCUT2D eigenvalue weighted by Gasteiger charge is 2.18. The number of nitrogens with one attached hydrogen (secondary N) is 2. The molecule has 0 saturated carbocycles. The summed E-state index contributed by atoms with van der Waals surface area (Å²) in [6.45, 7) is 8.22. The van der Waals surface area contributed by atoms with E-state index >= 15 is 0 Å². The number of hydrogen-bond acceptors (Lipinski definition) is 3. The van der Waals surface area contributed by atoms with Crippen LogP contribution in [0.3, 0.4) is 0 Å². The van der Waals surface area contributed by atoms with Crippen LogP contribution in [0.25, 0.3) is 0 Å². The Morgan fingerprint density at radius 2 is 1.92 bits per heavy atom. The number of likely N-dealkylation sites (N-methyl/N-ethyl adjacent to an activating group) is 1. The van der Waals surface area contributed by atoms with Crippen LogP contribution >= 0.6 is 0 Å². The first-order chi connectivity index (χ1) is 11.6. The monoisotopic (exact) mass is 335 g/mol. The van der Waals surface area contributed by atoms with Gasteiger partial charge in [0.05, 0.1) is 0 Å². The van der Waals surface area contributed by atoms with Crippen molar-refractivity contribution in [3.8, 4) is 0 Å². The van der Waals surface area contributed by atoms with E-state index in [-0.39, 0.29) is 5.82 Å². The van der Waals surface area contributed by atoms with Crippen molar-refractivity contribution in [3.63, 3.8) is 0 Å². The smallest absolute Gasteiger partial charge is 0.191 e. The first kappa shape index (κ1) is 18.7. The second kappa shape index (κ2) is 9.59. The molecule has 0 aromatic heterocycles. The summed E-state index contributed by atoms with van der Waals surface area (Å²) in [5.41, 5.74) is 0.728. The largest absolute Gasteiger partial charge is 0.356 e. The van der Waals surface area contributed by atoms with Gasteiger partial charge in [0.15, 0.2) is 5.96 Å². The number of rotatable bonds is 6. The zero-order chi connectivity index (χ0) is 17.4. The van der Waals surface area contributed by atoms with Gasteiger partial charge in [-0.25, -0.2) is 4.39 Å². The van der Waals surface area contributed by atoms with Gasteiger partial charge in [0, 0.05) is 52.4 Å². The lowest BCUT2D eigenvalue weighted by Crippen LogP contribution is -2.52. The topological polar surface area (TPSA) is 42.9 Å². The molecule has 24 heavy (non-hydrogen) atoms. The summed E-state index contributed by atoms with van der Waals surface area (Å²) in [6, 6.07) is 7.36. The molecule has 2 N–H and O–H groups in total. The molecule has 1 heterocycles. The number of aliphatic imine (C=N–C) groups is 1. The summed E-state index contributed by atoms with van der Waals surface area (Å²) < 4.78 is 13.6. The van der Waals surface area contributed by atoms with Crippen LogP contribution < -0.4 is 10.6 Å². The van der Waals surface area contributed by atoms with Gasteiger partial charge in [-0.15, -0.1) is 0 Å². The van der Waals surface area contributed by atoms with Crippen LogP contribution in [0.1, 0.15) is 12.5 Å². The number of benzene rings is 1. The molecule has 1 saturated heterocycles. The normalized spacial score (nSPS) is 18.4. The maximum Gasteiger partial charge on any atom is 0.191 e. The van der Waals surface area contributed by atoms with Crippen molar-refractivity contribution in [1.29, 1.82) is 0 Å². The minimum Gasteiger partial charge on any atom is -0.356 e. The van der Waals surface area contributed by atoms with Crippen molar-refractivity contribution >= 4 is 5.96 Å². The van der Waals surface area contributed by atoms with Gasteiger partial charge in [0.2, 0.25) is 0 Å². The van der Waals surface area contributed by atoms with E-state index in [0.29, 0.717) is 19.0 Å². The molecular weight excluding hydrogens is 305 g/mol. The minimum absolute atomic E-state index is 0.147. The van der Waals surface area contributed by atoms with Crippen LogP contribution in [0, 0.1) is 5.82 Å². The standard InChI is InChI=1S/C18H30FN5/c1-15(24-12-10-23(3)11-13-24)14-22-18(20-2)21-9-8-16-6-4-5-7-17(16)19/h4-7,15H,8-14H2,1-3H3,(H2,20,21,22). The Balaban J connectivity index is 1.69. The van der Waals surface area contributed by atoms with Crippen LogP contribution in [0.15, 0.2) is 29.3 Å². The lowest BCUT2D eigenvalue weighted by Gasteiger charge is -2.36. The zero-order valence-corrected chi connectivity index (χ0v) is 15.1. The van der Waals surface area contributed by atoms with Crippen LogP contribution in [-0.2, 0) is 6.42 Å². The second-order valence-electron chi connectivity index (χ2n) is 6.41. The lowest BCUT2D eigenvalue weighted by atomic mass is 10.1. The van der Waals surface area contributed by atoms with E-state index in [1.54, 1.807) is 13.1 Å². The Labute approximate surface area is 144 Å². The van der Waals surface area contributed by atoms with Crippen molar-refractivity contribution in [2.75, 3.05) is 53.4 Å². The van der Waals surface area contributed by atoms with E-state index in [9.17, 15) is 4.39 Å². The predicted octanol–water partition coefficient (Wildman–Crippen LogP) is 1.17. The molecule has 1 aliphatic heterocycles.